The van der Waals surface area contributed by atoms with Gasteiger partial charge in [0.25, 0.3) is 5.56 Å². The number of alkyl halides is 3. The number of aromatic nitrogens is 1. The number of aromatic carboxylic acids is 1. The van der Waals surface area contributed by atoms with Gasteiger partial charge < -0.3 is 9.67 Å². The summed E-state index contributed by atoms with van der Waals surface area (Å²) in [6.45, 7) is 0. The van der Waals surface area contributed by atoms with E-state index in [1.54, 1.807) is 0 Å². The number of rotatable bonds is 1. The number of hydrogen-bond acceptors (Lipinski definition) is 2. The van der Waals surface area contributed by atoms with Crippen LogP contribution in [-0.2, 0) is 13.2 Å². The molecule has 0 spiro atoms. The highest BCUT2D eigenvalue weighted by atomic mass is 19.4. The smallest absolute Gasteiger partial charge is 0.421 e. The zero-order valence-electron chi connectivity index (χ0n) is 7.50. The van der Waals surface area contributed by atoms with Gasteiger partial charge in [-0.2, -0.15) is 13.2 Å². The molecule has 82 valence electrons. The molecule has 1 aromatic heterocycles. The molecule has 0 aliphatic carbocycles. The van der Waals surface area contributed by atoms with Gasteiger partial charge >= 0.3 is 12.1 Å². The number of hydrogen-bond donors (Lipinski definition) is 1. The van der Waals surface area contributed by atoms with E-state index >= 15 is 0 Å². The molecule has 0 saturated heterocycles. The van der Waals surface area contributed by atoms with Crippen LogP contribution in [0.5, 0.6) is 0 Å². The molecule has 0 aliphatic heterocycles. The van der Waals surface area contributed by atoms with E-state index in [4.69, 9.17) is 5.11 Å². The summed E-state index contributed by atoms with van der Waals surface area (Å²) in [5, 5.41) is 8.51. The van der Waals surface area contributed by atoms with E-state index in [9.17, 15) is 22.8 Å². The first-order valence-electron chi connectivity index (χ1n) is 3.74. The lowest BCUT2D eigenvalue weighted by Gasteiger charge is -2.08. The number of pyridine rings is 1. The third-order valence-electron chi connectivity index (χ3n) is 1.74. The molecular weight excluding hydrogens is 215 g/mol. The van der Waals surface area contributed by atoms with Crippen molar-refractivity contribution in [1.29, 1.82) is 0 Å². The summed E-state index contributed by atoms with van der Waals surface area (Å²) in [6, 6.07) is 0.324. The van der Waals surface area contributed by atoms with E-state index in [0.717, 1.165) is 13.2 Å². The van der Waals surface area contributed by atoms with Crippen molar-refractivity contribution in [3.05, 3.63) is 33.7 Å². The van der Waals surface area contributed by atoms with Crippen LogP contribution in [0.25, 0.3) is 0 Å². The number of halogens is 3. The summed E-state index contributed by atoms with van der Waals surface area (Å²) in [6.07, 6.45) is -4.01. The Morgan fingerprint density at radius 2 is 2.00 bits per heavy atom. The Balaban J connectivity index is 3.52. The molecule has 1 heterocycles. The average molecular weight is 221 g/mol. The Kier molecular flexibility index (Phi) is 2.57. The quantitative estimate of drug-likeness (QED) is 0.772. The molecule has 0 amide bonds. The monoisotopic (exact) mass is 221 g/mol. The van der Waals surface area contributed by atoms with Gasteiger partial charge in [0.05, 0.1) is 5.56 Å². The van der Waals surface area contributed by atoms with E-state index in [0.29, 0.717) is 10.6 Å². The largest absolute Gasteiger partial charge is 0.478 e. The summed E-state index contributed by atoms with van der Waals surface area (Å²) in [7, 11) is 1.06. The van der Waals surface area contributed by atoms with Crippen molar-refractivity contribution in [2.24, 2.45) is 7.05 Å². The number of aryl methyl sites for hydroxylation is 1. The van der Waals surface area contributed by atoms with Crippen molar-refractivity contribution < 1.29 is 23.1 Å². The Bertz CT molecular complexity index is 461. The molecular formula is C8H6F3NO3. The summed E-state index contributed by atoms with van der Waals surface area (Å²) >= 11 is 0. The van der Waals surface area contributed by atoms with E-state index in [2.05, 4.69) is 0 Å². The van der Waals surface area contributed by atoms with Gasteiger partial charge in [-0.1, -0.05) is 0 Å². The number of carboxylic acids is 1. The fraction of sp³-hybridized carbons (Fsp3) is 0.250. The second-order valence-corrected chi connectivity index (χ2v) is 2.86. The maximum atomic E-state index is 12.3. The lowest BCUT2D eigenvalue weighted by Crippen LogP contribution is -2.27. The summed E-state index contributed by atoms with van der Waals surface area (Å²) in [4.78, 5) is 21.5. The first kappa shape index (κ1) is 11.3. The molecule has 0 fully saturated rings. The molecule has 0 aliphatic rings. The Morgan fingerprint density at radius 1 is 1.47 bits per heavy atom. The lowest BCUT2D eigenvalue weighted by atomic mass is 10.2. The molecule has 0 atom stereocenters. The van der Waals surface area contributed by atoms with Gasteiger partial charge in [-0.25, -0.2) is 4.79 Å². The van der Waals surface area contributed by atoms with Crippen LogP contribution in [0.1, 0.15) is 15.9 Å². The van der Waals surface area contributed by atoms with E-state index in [1.165, 1.54) is 0 Å². The predicted octanol–water partition coefficient (Wildman–Crippen LogP) is 1.10. The standard InChI is InChI=1S/C8H6F3NO3/c1-12-3-4(7(14)15)2-5(6(12)13)8(9,10)11/h2-3H,1H3,(H,14,15). The van der Waals surface area contributed by atoms with E-state index in [1.807, 2.05) is 0 Å². The van der Waals surface area contributed by atoms with Crippen molar-refractivity contribution >= 4 is 5.97 Å². The normalized spacial score (nSPS) is 11.5. The summed E-state index contributed by atoms with van der Waals surface area (Å²) in [5.41, 5.74) is -3.33. The highest BCUT2D eigenvalue weighted by molar-refractivity contribution is 5.87. The van der Waals surface area contributed by atoms with Gasteiger partial charge in [-0.15, -0.1) is 0 Å². The van der Waals surface area contributed by atoms with Gasteiger partial charge in [0.1, 0.15) is 5.56 Å². The Morgan fingerprint density at radius 3 is 2.40 bits per heavy atom. The topological polar surface area (TPSA) is 59.3 Å². The average Bonchev–Trinajstić information content (AvgIpc) is 2.06. The molecule has 1 aromatic rings. The van der Waals surface area contributed by atoms with Crippen LogP contribution in [-0.4, -0.2) is 15.6 Å². The zero-order valence-corrected chi connectivity index (χ0v) is 7.50. The van der Waals surface area contributed by atoms with Crippen LogP contribution in [0, 0.1) is 0 Å². The Hall–Kier alpha value is -1.79. The molecule has 0 aromatic carbocycles. The van der Waals surface area contributed by atoms with Gasteiger partial charge in [0, 0.05) is 13.2 Å². The molecule has 0 unspecified atom stereocenters. The van der Waals surface area contributed by atoms with Crippen molar-refractivity contribution in [3.63, 3.8) is 0 Å². The first-order valence-corrected chi connectivity index (χ1v) is 3.74. The minimum absolute atomic E-state index is 0.324. The van der Waals surface area contributed by atoms with Crippen molar-refractivity contribution in [2.75, 3.05) is 0 Å². The van der Waals surface area contributed by atoms with Gasteiger partial charge in [0.15, 0.2) is 0 Å². The zero-order chi connectivity index (χ0) is 11.8. The highest BCUT2D eigenvalue weighted by Crippen LogP contribution is 2.26. The molecule has 0 radical (unpaired) electrons. The molecule has 0 bridgehead atoms. The van der Waals surface area contributed by atoms with Gasteiger partial charge in [-0.05, 0) is 6.07 Å². The maximum Gasteiger partial charge on any atom is 0.421 e. The van der Waals surface area contributed by atoms with Crippen LogP contribution in [0.2, 0.25) is 0 Å². The van der Waals surface area contributed by atoms with Crippen molar-refractivity contribution in [3.8, 4) is 0 Å². The summed E-state index contributed by atoms with van der Waals surface area (Å²) < 4.78 is 37.4. The van der Waals surface area contributed by atoms with E-state index in [-0.39, 0.29) is 0 Å². The number of carboxylic acid groups (broad SMARTS) is 1. The maximum absolute atomic E-state index is 12.3. The van der Waals surface area contributed by atoms with Crippen LogP contribution in [0.3, 0.4) is 0 Å². The fourth-order valence-corrected chi connectivity index (χ4v) is 1.03. The molecule has 1 N–H and O–H groups in total. The lowest BCUT2D eigenvalue weighted by molar-refractivity contribution is -0.138. The third-order valence-corrected chi connectivity index (χ3v) is 1.74. The number of nitrogens with zero attached hydrogens (tertiary/aromatic N) is 1. The SMILES string of the molecule is Cn1cc(C(=O)O)cc(C(F)(F)F)c1=O. The highest BCUT2D eigenvalue weighted by Gasteiger charge is 2.35. The predicted molar refractivity (Wildman–Crippen MR) is 43.6 cm³/mol. The van der Waals surface area contributed by atoms with Crippen molar-refractivity contribution in [1.82, 2.24) is 4.57 Å². The minimum Gasteiger partial charge on any atom is -0.478 e. The minimum atomic E-state index is -4.85. The Labute approximate surface area is 81.6 Å². The second-order valence-electron chi connectivity index (χ2n) is 2.86. The molecule has 1 rings (SSSR count). The van der Waals surface area contributed by atoms with Crippen LogP contribution < -0.4 is 5.56 Å². The second kappa shape index (κ2) is 3.41. The molecule has 7 heteroatoms. The molecule has 15 heavy (non-hydrogen) atoms. The summed E-state index contributed by atoms with van der Waals surface area (Å²) in [5.74, 6) is -1.52. The van der Waals surface area contributed by atoms with Crippen LogP contribution >= 0.6 is 0 Å². The van der Waals surface area contributed by atoms with Gasteiger partial charge in [0.2, 0.25) is 0 Å². The fourth-order valence-electron chi connectivity index (χ4n) is 1.03. The third kappa shape index (κ3) is 2.17. The molecule has 4 nitrogen and oxygen atoms in total. The molecule has 0 saturated carbocycles. The van der Waals surface area contributed by atoms with E-state index < -0.39 is 28.8 Å². The van der Waals surface area contributed by atoms with Crippen LogP contribution in [0.4, 0.5) is 13.2 Å². The van der Waals surface area contributed by atoms with Crippen LogP contribution in [0.15, 0.2) is 17.1 Å². The van der Waals surface area contributed by atoms with Gasteiger partial charge in [-0.3, -0.25) is 4.79 Å². The van der Waals surface area contributed by atoms with Crippen molar-refractivity contribution in [2.45, 2.75) is 6.18 Å². The number of carbonyl (C=O) groups is 1. The first-order chi connectivity index (χ1) is 6.73.